The SMILES string of the molecule is CSCC[C@H](NC(=O)[C@H](C)NC(=O)[C@H](CCCN=C(N)N)NC(=O)[C@H](CC1CCCCC1)NC(C)=O)C(=O)N[C@@H](C)C(=O)N[C@@H](CO)C(=O)N(C)[C@@H](CC(C)C)C(N)=O. The number of nitrogens with two attached hydrogens (primary N) is 3. The van der Waals surface area contributed by atoms with Gasteiger partial charge in [0.25, 0.3) is 0 Å². The average Bonchev–Trinajstić information content (AvgIpc) is 3.17. The molecular weight excluding hydrogens is 787 g/mol. The summed E-state index contributed by atoms with van der Waals surface area (Å²) in [4.78, 5) is 109. The number of aliphatic hydroxyl groups excluding tert-OH is 1. The average molecular weight is 856 g/mol. The largest absolute Gasteiger partial charge is 0.394 e. The maximum atomic E-state index is 13.6. The molecule has 0 bridgehead atoms. The molecule has 0 heterocycles. The highest BCUT2D eigenvalue weighted by molar-refractivity contribution is 7.98. The van der Waals surface area contributed by atoms with Crippen molar-refractivity contribution < 1.29 is 43.5 Å². The predicted molar refractivity (Wildman–Crippen MR) is 225 cm³/mol. The van der Waals surface area contributed by atoms with Crippen molar-refractivity contribution in [1.29, 1.82) is 0 Å². The Bertz CT molecular complexity index is 1460. The van der Waals surface area contributed by atoms with Gasteiger partial charge in [0, 0.05) is 20.5 Å². The van der Waals surface area contributed by atoms with Gasteiger partial charge in [-0.1, -0.05) is 46.0 Å². The van der Waals surface area contributed by atoms with E-state index in [-0.39, 0.29) is 49.5 Å². The first-order valence-electron chi connectivity index (χ1n) is 20.2. The van der Waals surface area contributed by atoms with E-state index >= 15 is 0 Å². The van der Waals surface area contributed by atoms with E-state index in [4.69, 9.17) is 17.2 Å². The predicted octanol–water partition coefficient (Wildman–Crippen LogP) is -1.92. The number of aliphatic imine (C=N–C) groups is 1. The van der Waals surface area contributed by atoms with Crippen LogP contribution in [-0.2, 0) is 38.4 Å². The molecule has 0 aromatic carbocycles. The zero-order valence-electron chi connectivity index (χ0n) is 35.6. The summed E-state index contributed by atoms with van der Waals surface area (Å²) in [5.41, 5.74) is 16.4. The van der Waals surface area contributed by atoms with Crippen LogP contribution in [0.5, 0.6) is 0 Å². The van der Waals surface area contributed by atoms with Crippen LogP contribution in [0, 0.1) is 11.8 Å². The Labute approximate surface area is 351 Å². The molecule has 1 saturated carbocycles. The van der Waals surface area contributed by atoms with E-state index in [1.807, 2.05) is 13.8 Å². The van der Waals surface area contributed by atoms with Gasteiger partial charge in [-0.3, -0.25) is 43.3 Å². The van der Waals surface area contributed by atoms with E-state index in [1.54, 1.807) is 6.26 Å². The first-order valence-corrected chi connectivity index (χ1v) is 21.6. The Morgan fingerprint density at radius 2 is 1.24 bits per heavy atom. The van der Waals surface area contributed by atoms with Gasteiger partial charge in [-0.25, -0.2) is 0 Å². The van der Waals surface area contributed by atoms with Gasteiger partial charge in [0.1, 0.15) is 42.3 Å². The Morgan fingerprint density at radius 3 is 1.71 bits per heavy atom. The molecule has 336 valence electrons. The van der Waals surface area contributed by atoms with Crippen molar-refractivity contribution in [3.05, 3.63) is 0 Å². The van der Waals surface area contributed by atoms with Crippen LogP contribution in [-0.4, -0.2) is 138 Å². The molecule has 0 unspecified atom stereocenters. The fourth-order valence-corrected chi connectivity index (χ4v) is 7.10. The van der Waals surface area contributed by atoms with Crippen LogP contribution in [0.15, 0.2) is 4.99 Å². The molecular formula is C38H69N11O9S. The third-order valence-corrected chi connectivity index (χ3v) is 10.6. The van der Waals surface area contributed by atoms with Gasteiger partial charge in [-0.15, -0.1) is 0 Å². The summed E-state index contributed by atoms with van der Waals surface area (Å²) in [6, 6.07) is -7.98. The third kappa shape index (κ3) is 19.8. The smallest absolute Gasteiger partial charge is 0.247 e. The second kappa shape index (κ2) is 27.2. The first kappa shape index (κ1) is 52.4. The van der Waals surface area contributed by atoms with Gasteiger partial charge in [0.2, 0.25) is 47.3 Å². The van der Waals surface area contributed by atoms with Crippen LogP contribution in [0.4, 0.5) is 0 Å². The minimum atomic E-state index is -1.44. The highest BCUT2D eigenvalue weighted by Crippen LogP contribution is 2.27. The third-order valence-electron chi connectivity index (χ3n) is 9.95. The summed E-state index contributed by atoms with van der Waals surface area (Å²) in [7, 11) is 1.34. The zero-order chi connectivity index (χ0) is 44.8. The monoisotopic (exact) mass is 856 g/mol. The Balaban J connectivity index is 3.06. The number of nitrogens with zero attached hydrogens (tertiary/aromatic N) is 2. The van der Waals surface area contributed by atoms with Gasteiger partial charge in [-0.05, 0) is 69.8 Å². The maximum Gasteiger partial charge on any atom is 0.247 e. The summed E-state index contributed by atoms with van der Waals surface area (Å²) < 4.78 is 0. The fraction of sp³-hybridized carbons (Fsp3) is 0.763. The summed E-state index contributed by atoms with van der Waals surface area (Å²) in [6.07, 6.45) is 8.08. The van der Waals surface area contributed by atoms with Crippen molar-refractivity contribution in [2.45, 2.75) is 141 Å². The van der Waals surface area contributed by atoms with Gasteiger partial charge in [-0.2, -0.15) is 11.8 Å². The molecule has 7 atom stereocenters. The molecule has 0 spiro atoms. The van der Waals surface area contributed by atoms with Crippen LogP contribution in [0.2, 0.25) is 0 Å². The number of amides is 8. The quantitative estimate of drug-likeness (QED) is 0.0259. The van der Waals surface area contributed by atoms with E-state index in [0.29, 0.717) is 18.6 Å². The summed E-state index contributed by atoms with van der Waals surface area (Å²) in [6.45, 7) is 7.13. The molecule has 59 heavy (non-hydrogen) atoms. The number of likely N-dealkylation sites (N-methyl/N-ethyl adjacent to an activating group) is 1. The van der Waals surface area contributed by atoms with Gasteiger partial charge < -0.3 is 59.1 Å². The van der Waals surface area contributed by atoms with E-state index in [1.165, 1.54) is 39.6 Å². The number of nitrogens with one attached hydrogen (secondary N) is 6. The van der Waals surface area contributed by atoms with Crippen LogP contribution in [0.3, 0.4) is 0 Å². The number of rotatable bonds is 26. The standard InChI is InChI=1S/C38H69N11O9S/c1-21(2)18-30(31(39)52)49(6)37(58)29(20-50)48-33(54)23(4)44-35(56)27(15-17-59-7)46-32(53)22(3)43-34(55)26(14-11-16-42-38(40)41)47-36(57)28(45-24(5)51)19-25-12-9-8-10-13-25/h21-23,25-30,50H,8-20H2,1-7H3,(H2,39,52)(H,43,55)(H,44,56)(H,45,51)(H,46,53)(H,47,57)(H,48,54)(H4,40,41,42)/t22-,23-,26-,27-,28-,29-,30-/m0/s1. The minimum absolute atomic E-state index is 0.0159. The molecule has 0 aromatic heterocycles. The van der Waals surface area contributed by atoms with Gasteiger partial charge >= 0.3 is 0 Å². The normalized spacial score (nSPS) is 16.4. The summed E-state index contributed by atoms with van der Waals surface area (Å²) in [5, 5.41) is 25.5. The second-order valence-electron chi connectivity index (χ2n) is 15.5. The number of guanidine groups is 1. The highest BCUT2D eigenvalue weighted by atomic mass is 32.2. The van der Waals surface area contributed by atoms with Crippen molar-refractivity contribution in [1.82, 2.24) is 36.8 Å². The number of aliphatic hydroxyl groups is 1. The van der Waals surface area contributed by atoms with Crippen LogP contribution in [0.25, 0.3) is 0 Å². The topological polar surface area (TPSA) is 323 Å². The lowest BCUT2D eigenvalue weighted by Crippen LogP contribution is -2.59. The maximum absolute atomic E-state index is 13.6. The Morgan fingerprint density at radius 1 is 0.729 bits per heavy atom. The van der Waals surface area contributed by atoms with Crippen LogP contribution < -0.4 is 49.1 Å². The lowest BCUT2D eigenvalue weighted by molar-refractivity contribution is -0.142. The van der Waals surface area contributed by atoms with E-state index in [9.17, 15) is 43.5 Å². The van der Waals surface area contributed by atoms with Crippen LogP contribution in [0.1, 0.15) is 98.8 Å². The number of thioether (sulfide) groups is 1. The zero-order valence-corrected chi connectivity index (χ0v) is 36.5. The molecule has 20 nitrogen and oxygen atoms in total. The molecule has 0 aromatic rings. The minimum Gasteiger partial charge on any atom is -0.394 e. The molecule has 0 radical (unpaired) electrons. The lowest BCUT2D eigenvalue weighted by atomic mass is 9.84. The first-order chi connectivity index (χ1) is 27.7. The van der Waals surface area contributed by atoms with Gasteiger partial charge in [0.15, 0.2) is 5.96 Å². The van der Waals surface area contributed by atoms with Crippen molar-refractivity contribution in [3.8, 4) is 0 Å². The summed E-state index contributed by atoms with van der Waals surface area (Å²) in [5.74, 6) is -4.84. The Kier molecular flexibility index (Phi) is 24.1. The van der Waals surface area contributed by atoms with E-state index in [2.05, 4.69) is 36.9 Å². The Hall–Kier alpha value is -4.66. The molecule has 1 rings (SSSR count). The van der Waals surface area contributed by atoms with Crippen LogP contribution >= 0.6 is 11.8 Å². The highest BCUT2D eigenvalue weighted by Gasteiger charge is 2.34. The molecule has 1 fully saturated rings. The molecule has 1 aliphatic rings. The molecule has 1 aliphatic carbocycles. The number of hydrogen-bond donors (Lipinski definition) is 10. The van der Waals surface area contributed by atoms with Crippen molar-refractivity contribution in [3.63, 3.8) is 0 Å². The van der Waals surface area contributed by atoms with Gasteiger partial charge in [0.05, 0.1) is 6.61 Å². The van der Waals surface area contributed by atoms with Crippen molar-refractivity contribution in [2.24, 2.45) is 34.0 Å². The molecule has 8 amide bonds. The number of carbonyl (C=O) groups is 8. The second-order valence-corrected chi connectivity index (χ2v) is 16.5. The number of primary amides is 1. The summed E-state index contributed by atoms with van der Waals surface area (Å²) >= 11 is 1.41. The van der Waals surface area contributed by atoms with E-state index in [0.717, 1.165) is 37.0 Å². The fourth-order valence-electron chi connectivity index (χ4n) is 6.63. The number of carbonyl (C=O) groups excluding carboxylic acids is 8. The molecule has 13 N–H and O–H groups in total. The lowest BCUT2D eigenvalue weighted by Gasteiger charge is -2.30. The van der Waals surface area contributed by atoms with E-state index < -0.39 is 90.3 Å². The molecule has 0 saturated heterocycles. The van der Waals surface area contributed by atoms with Crippen molar-refractivity contribution in [2.75, 3.05) is 32.2 Å². The number of hydrogen-bond acceptors (Lipinski definition) is 11. The van der Waals surface area contributed by atoms with Crippen molar-refractivity contribution >= 4 is 65.0 Å². The molecule has 0 aliphatic heterocycles. The molecule has 21 heteroatoms.